The van der Waals surface area contributed by atoms with Gasteiger partial charge in [0.15, 0.2) is 0 Å². The van der Waals surface area contributed by atoms with Gasteiger partial charge in [-0.05, 0) is 31.0 Å². The fourth-order valence-corrected chi connectivity index (χ4v) is 1.94. The molecule has 3 nitrogen and oxygen atoms in total. The van der Waals surface area contributed by atoms with Gasteiger partial charge in [-0.15, -0.1) is 16.7 Å². The number of halogens is 3. The molecule has 0 radical (unpaired) electrons. The van der Waals surface area contributed by atoms with Crippen molar-refractivity contribution in [3.8, 4) is 5.69 Å². The molecule has 2 rings (SSSR count). The Balaban J connectivity index is 2.27. The first-order chi connectivity index (χ1) is 8.20. The standard InChI is InChI=1S/C11H10Cl3N3/c12-5-1-2-9-7-17(16-15-9)11-6-8(13)3-4-10(11)14/h3-4,6-7H,1-2,5H2. The van der Waals surface area contributed by atoms with Crippen molar-refractivity contribution in [3.63, 3.8) is 0 Å². The Morgan fingerprint density at radius 1 is 1.24 bits per heavy atom. The number of rotatable bonds is 4. The van der Waals surface area contributed by atoms with Gasteiger partial charge >= 0.3 is 0 Å². The van der Waals surface area contributed by atoms with E-state index in [4.69, 9.17) is 34.8 Å². The third kappa shape index (κ3) is 3.12. The van der Waals surface area contributed by atoms with Crippen LogP contribution in [-0.4, -0.2) is 20.9 Å². The van der Waals surface area contributed by atoms with E-state index in [1.54, 1.807) is 22.9 Å². The van der Waals surface area contributed by atoms with Gasteiger partial charge in [0.2, 0.25) is 0 Å². The van der Waals surface area contributed by atoms with Gasteiger partial charge in [-0.25, -0.2) is 4.68 Å². The summed E-state index contributed by atoms with van der Waals surface area (Å²) < 4.78 is 1.62. The summed E-state index contributed by atoms with van der Waals surface area (Å²) in [5.41, 5.74) is 1.62. The van der Waals surface area contributed by atoms with E-state index in [0.29, 0.717) is 15.9 Å². The first kappa shape index (κ1) is 12.7. The van der Waals surface area contributed by atoms with Gasteiger partial charge in [0, 0.05) is 10.9 Å². The Labute approximate surface area is 114 Å². The van der Waals surface area contributed by atoms with Gasteiger partial charge in [0.1, 0.15) is 0 Å². The van der Waals surface area contributed by atoms with Crippen LogP contribution in [-0.2, 0) is 6.42 Å². The molecule has 90 valence electrons. The molecule has 0 N–H and O–H groups in total. The average molecular weight is 291 g/mol. The van der Waals surface area contributed by atoms with Crippen LogP contribution in [0.3, 0.4) is 0 Å². The van der Waals surface area contributed by atoms with Gasteiger partial charge < -0.3 is 0 Å². The van der Waals surface area contributed by atoms with Gasteiger partial charge in [-0.2, -0.15) is 0 Å². The third-order valence-electron chi connectivity index (χ3n) is 2.26. The van der Waals surface area contributed by atoms with Crippen LogP contribution < -0.4 is 0 Å². The molecule has 0 aliphatic carbocycles. The number of benzene rings is 1. The van der Waals surface area contributed by atoms with E-state index in [1.807, 2.05) is 6.20 Å². The Bertz CT molecular complexity index is 510. The van der Waals surface area contributed by atoms with Crippen LogP contribution in [0.5, 0.6) is 0 Å². The molecule has 0 bridgehead atoms. The number of alkyl halides is 1. The van der Waals surface area contributed by atoms with Crippen LogP contribution in [0, 0.1) is 0 Å². The molecule has 0 unspecified atom stereocenters. The zero-order valence-corrected chi connectivity index (χ0v) is 11.2. The van der Waals surface area contributed by atoms with E-state index < -0.39 is 0 Å². The van der Waals surface area contributed by atoms with Crippen LogP contribution in [0.2, 0.25) is 10.0 Å². The summed E-state index contributed by atoms with van der Waals surface area (Å²) in [6, 6.07) is 5.22. The second-order valence-corrected chi connectivity index (χ2v) is 4.76. The van der Waals surface area contributed by atoms with Crippen molar-refractivity contribution in [1.29, 1.82) is 0 Å². The molecular weight excluding hydrogens is 281 g/mol. The molecular formula is C11H10Cl3N3. The third-order valence-corrected chi connectivity index (χ3v) is 3.08. The summed E-state index contributed by atoms with van der Waals surface area (Å²) in [7, 11) is 0. The maximum absolute atomic E-state index is 6.08. The highest BCUT2D eigenvalue weighted by Gasteiger charge is 2.07. The minimum absolute atomic E-state index is 0.586. The van der Waals surface area contributed by atoms with E-state index in [2.05, 4.69) is 10.3 Å². The minimum atomic E-state index is 0.586. The Hall–Kier alpha value is -0.770. The highest BCUT2D eigenvalue weighted by atomic mass is 35.5. The number of aryl methyl sites for hydroxylation is 1. The van der Waals surface area contributed by atoms with E-state index in [-0.39, 0.29) is 0 Å². The minimum Gasteiger partial charge on any atom is -0.219 e. The summed E-state index contributed by atoms with van der Waals surface area (Å²) in [4.78, 5) is 0. The highest BCUT2D eigenvalue weighted by Crippen LogP contribution is 2.23. The molecule has 0 aliphatic heterocycles. The van der Waals surface area contributed by atoms with Crippen molar-refractivity contribution in [2.45, 2.75) is 12.8 Å². The molecule has 1 heterocycles. The molecule has 0 saturated heterocycles. The molecule has 6 heteroatoms. The van der Waals surface area contributed by atoms with Gasteiger partial charge in [0.25, 0.3) is 0 Å². The largest absolute Gasteiger partial charge is 0.219 e. The molecule has 0 fully saturated rings. The van der Waals surface area contributed by atoms with E-state index in [9.17, 15) is 0 Å². The Morgan fingerprint density at radius 3 is 2.82 bits per heavy atom. The van der Waals surface area contributed by atoms with E-state index >= 15 is 0 Å². The summed E-state index contributed by atoms with van der Waals surface area (Å²) in [5, 5.41) is 9.27. The number of hydrogen-bond donors (Lipinski definition) is 0. The average Bonchev–Trinajstić information content (AvgIpc) is 2.78. The van der Waals surface area contributed by atoms with E-state index in [1.165, 1.54) is 0 Å². The number of nitrogens with zero attached hydrogens (tertiary/aromatic N) is 3. The molecule has 2 aromatic rings. The molecule has 0 spiro atoms. The predicted octanol–water partition coefficient (Wildman–Crippen LogP) is 3.75. The molecule has 17 heavy (non-hydrogen) atoms. The van der Waals surface area contributed by atoms with Crippen molar-refractivity contribution in [2.24, 2.45) is 0 Å². The topological polar surface area (TPSA) is 30.7 Å². The first-order valence-corrected chi connectivity index (χ1v) is 6.42. The second-order valence-electron chi connectivity index (χ2n) is 3.54. The molecule has 0 amide bonds. The SMILES string of the molecule is ClCCCc1cn(-c2cc(Cl)ccc2Cl)nn1. The lowest BCUT2D eigenvalue weighted by Gasteiger charge is -2.03. The van der Waals surface area contributed by atoms with Crippen molar-refractivity contribution in [2.75, 3.05) is 5.88 Å². The van der Waals surface area contributed by atoms with Crippen molar-refractivity contribution >= 4 is 34.8 Å². The summed E-state index contributed by atoms with van der Waals surface area (Å²) >= 11 is 17.6. The monoisotopic (exact) mass is 289 g/mol. The van der Waals surface area contributed by atoms with Crippen molar-refractivity contribution < 1.29 is 0 Å². The maximum atomic E-state index is 6.08. The lowest BCUT2D eigenvalue weighted by molar-refractivity contribution is 0.792. The van der Waals surface area contributed by atoms with E-state index in [0.717, 1.165) is 24.2 Å². The van der Waals surface area contributed by atoms with Crippen LogP contribution in [0.1, 0.15) is 12.1 Å². The fraction of sp³-hybridized carbons (Fsp3) is 0.273. The lowest BCUT2D eigenvalue weighted by Crippen LogP contribution is -1.95. The van der Waals surface area contributed by atoms with Gasteiger partial charge in [-0.3, -0.25) is 0 Å². The normalized spacial score (nSPS) is 10.8. The zero-order valence-electron chi connectivity index (χ0n) is 8.91. The smallest absolute Gasteiger partial charge is 0.0864 e. The highest BCUT2D eigenvalue weighted by molar-refractivity contribution is 6.34. The lowest BCUT2D eigenvalue weighted by atomic mass is 10.3. The van der Waals surface area contributed by atoms with Crippen LogP contribution >= 0.6 is 34.8 Å². The van der Waals surface area contributed by atoms with Crippen LogP contribution in [0.25, 0.3) is 5.69 Å². The van der Waals surface area contributed by atoms with Crippen molar-refractivity contribution in [3.05, 3.63) is 40.1 Å². The van der Waals surface area contributed by atoms with Gasteiger partial charge in [-0.1, -0.05) is 28.4 Å². The zero-order chi connectivity index (χ0) is 12.3. The van der Waals surface area contributed by atoms with Gasteiger partial charge in [0.05, 0.1) is 22.6 Å². The molecule has 0 saturated carbocycles. The summed E-state index contributed by atoms with van der Waals surface area (Å²) in [6.07, 6.45) is 3.52. The fourth-order valence-electron chi connectivity index (χ4n) is 1.44. The molecule has 1 aromatic carbocycles. The summed E-state index contributed by atoms with van der Waals surface area (Å²) in [6.45, 7) is 0. The quantitative estimate of drug-likeness (QED) is 0.803. The molecule has 0 atom stereocenters. The van der Waals surface area contributed by atoms with Crippen molar-refractivity contribution in [1.82, 2.24) is 15.0 Å². The summed E-state index contributed by atoms with van der Waals surface area (Å²) in [5.74, 6) is 0.616. The van der Waals surface area contributed by atoms with Crippen LogP contribution in [0.4, 0.5) is 0 Å². The van der Waals surface area contributed by atoms with Crippen LogP contribution in [0.15, 0.2) is 24.4 Å². The maximum Gasteiger partial charge on any atom is 0.0864 e. The Morgan fingerprint density at radius 2 is 2.06 bits per heavy atom. The predicted molar refractivity (Wildman–Crippen MR) is 70.4 cm³/mol. The Kier molecular flexibility index (Phi) is 4.26. The second kappa shape index (κ2) is 5.71. The molecule has 1 aromatic heterocycles. The molecule has 0 aliphatic rings. The number of aromatic nitrogens is 3. The number of hydrogen-bond acceptors (Lipinski definition) is 2. The first-order valence-electron chi connectivity index (χ1n) is 5.13.